The van der Waals surface area contributed by atoms with Crippen LogP contribution in [-0.2, 0) is 18.4 Å². The third-order valence-corrected chi connectivity index (χ3v) is 4.80. The number of aryl methyl sites for hydroxylation is 2. The van der Waals surface area contributed by atoms with Crippen LogP contribution in [0.3, 0.4) is 0 Å². The summed E-state index contributed by atoms with van der Waals surface area (Å²) in [5.74, 6) is -0.126. The molecule has 0 atom stereocenters. The Morgan fingerprint density at radius 1 is 1.14 bits per heavy atom. The first-order valence-electron chi connectivity index (χ1n) is 9.34. The molecule has 0 aliphatic rings. The lowest BCUT2D eigenvalue weighted by Crippen LogP contribution is -2.28. The molecule has 0 saturated heterocycles. The largest absolute Gasteiger partial charge is 0.369 e. The van der Waals surface area contributed by atoms with E-state index in [1.807, 2.05) is 36.4 Å². The van der Waals surface area contributed by atoms with Crippen LogP contribution in [0.5, 0.6) is 0 Å². The predicted octanol–water partition coefficient (Wildman–Crippen LogP) is 2.38. The number of carbonyl (C=O) groups is 1. The first-order valence-corrected chi connectivity index (χ1v) is 9.34. The molecule has 7 nitrogen and oxygen atoms in total. The van der Waals surface area contributed by atoms with Gasteiger partial charge in [-0.3, -0.25) is 9.59 Å². The Bertz CT molecular complexity index is 1090. The maximum absolute atomic E-state index is 12.6. The van der Waals surface area contributed by atoms with Gasteiger partial charge in [0.2, 0.25) is 5.91 Å². The molecule has 0 radical (unpaired) electrons. The molecule has 0 unspecified atom stereocenters. The predicted molar refractivity (Wildman–Crippen MR) is 115 cm³/mol. The van der Waals surface area contributed by atoms with Crippen LogP contribution >= 0.6 is 0 Å². The van der Waals surface area contributed by atoms with E-state index in [0.717, 1.165) is 28.1 Å². The fourth-order valence-corrected chi connectivity index (χ4v) is 3.02. The normalized spacial score (nSPS) is 10.7. The van der Waals surface area contributed by atoms with Crippen molar-refractivity contribution in [2.24, 2.45) is 12.8 Å². The van der Waals surface area contributed by atoms with Crippen LogP contribution in [0.1, 0.15) is 16.7 Å². The highest BCUT2D eigenvalue weighted by atomic mass is 16.1. The van der Waals surface area contributed by atoms with Gasteiger partial charge in [-0.15, -0.1) is 0 Å². The highest BCUT2D eigenvalue weighted by Gasteiger charge is 2.11. The Morgan fingerprint density at radius 2 is 1.86 bits per heavy atom. The topological polar surface area (TPSA) is 102 Å². The molecule has 0 aliphatic carbocycles. The van der Waals surface area contributed by atoms with Gasteiger partial charge in [-0.2, -0.15) is 0 Å². The van der Waals surface area contributed by atoms with Gasteiger partial charge in [-0.05, 0) is 42.7 Å². The number of primary amides is 1. The van der Waals surface area contributed by atoms with Gasteiger partial charge >= 0.3 is 0 Å². The smallest absolute Gasteiger partial charge is 0.293 e. The summed E-state index contributed by atoms with van der Waals surface area (Å²) in [6.07, 6.45) is 1.75. The SMILES string of the molecule is Cc1cccc(-c2cn(C)c(=O)c(Nc3ccc(CNCC(N)=O)cc3)n2)c1C. The highest BCUT2D eigenvalue weighted by Crippen LogP contribution is 2.24. The maximum atomic E-state index is 12.6. The average molecular weight is 391 g/mol. The van der Waals surface area contributed by atoms with Gasteiger partial charge < -0.3 is 20.9 Å². The summed E-state index contributed by atoms with van der Waals surface area (Å²) in [6, 6.07) is 13.6. The molecule has 29 heavy (non-hydrogen) atoms. The van der Waals surface area contributed by atoms with Gasteiger partial charge in [0.25, 0.3) is 5.56 Å². The van der Waals surface area contributed by atoms with Crippen molar-refractivity contribution in [2.45, 2.75) is 20.4 Å². The van der Waals surface area contributed by atoms with Gasteiger partial charge in [0.15, 0.2) is 5.82 Å². The van der Waals surface area contributed by atoms with E-state index in [1.54, 1.807) is 13.2 Å². The molecule has 1 amide bonds. The van der Waals surface area contributed by atoms with Crippen LogP contribution in [-0.4, -0.2) is 22.0 Å². The van der Waals surface area contributed by atoms with Gasteiger partial charge in [0, 0.05) is 31.0 Å². The molecule has 150 valence electrons. The molecule has 1 aromatic heterocycles. The van der Waals surface area contributed by atoms with Crippen molar-refractivity contribution in [1.82, 2.24) is 14.9 Å². The third kappa shape index (κ3) is 4.89. The number of benzene rings is 2. The van der Waals surface area contributed by atoms with Crippen molar-refractivity contribution in [1.29, 1.82) is 0 Å². The zero-order valence-corrected chi connectivity index (χ0v) is 16.8. The molecule has 0 spiro atoms. The van der Waals surface area contributed by atoms with Crippen molar-refractivity contribution in [3.63, 3.8) is 0 Å². The Morgan fingerprint density at radius 3 is 2.55 bits per heavy atom. The number of carbonyl (C=O) groups excluding carboxylic acids is 1. The molecule has 7 heteroatoms. The monoisotopic (exact) mass is 391 g/mol. The molecule has 1 heterocycles. The summed E-state index contributed by atoms with van der Waals surface area (Å²) < 4.78 is 1.54. The minimum absolute atomic E-state index is 0.130. The second kappa shape index (κ2) is 8.70. The number of nitrogens with one attached hydrogen (secondary N) is 2. The summed E-state index contributed by atoms with van der Waals surface area (Å²) in [6.45, 7) is 4.77. The summed E-state index contributed by atoms with van der Waals surface area (Å²) in [5, 5.41) is 6.08. The minimum Gasteiger partial charge on any atom is -0.369 e. The number of nitrogens with zero attached hydrogens (tertiary/aromatic N) is 2. The van der Waals surface area contributed by atoms with Crippen molar-refractivity contribution >= 4 is 17.4 Å². The molecular formula is C22H25N5O2. The van der Waals surface area contributed by atoms with Gasteiger partial charge in [-0.1, -0.05) is 30.3 Å². The van der Waals surface area contributed by atoms with E-state index in [4.69, 9.17) is 5.73 Å². The summed E-state index contributed by atoms with van der Waals surface area (Å²) in [4.78, 5) is 27.9. The van der Waals surface area contributed by atoms with Crippen molar-refractivity contribution in [2.75, 3.05) is 11.9 Å². The van der Waals surface area contributed by atoms with E-state index < -0.39 is 5.91 Å². The zero-order valence-electron chi connectivity index (χ0n) is 16.8. The van der Waals surface area contributed by atoms with Crippen LogP contribution in [0, 0.1) is 13.8 Å². The standard InChI is InChI=1S/C22H25N5O2/c1-14-5-4-6-18(15(14)2)19-13-27(3)22(29)21(26-19)25-17-9-7-16(8-10-17)11-24-12-20(23)28/h4-10,13,24H,11-12H2,1-3H3,(H2,23,28)(H,25,26). The highest BCUT2D eigenvalue weighted by molar-refractivity contribution is 5.75. The van der Waals surface area contributed by atoms with Crippen LogP contribution in [0.15, 0.2) is 53.5 Å². The maximum Gasteiger partial charge on any atom is 0.293 e. The summed E-state index contributed by atoms with van der Waals surface area (Å²) in [7, 11) is 1.72. The first kappa shape index (κ1) is 20.3. The molecule has 0 aliphatic heterocycles. The lowest BCUT2D eigenvalue weighted by Gasteiger charge is -2.12. The Hall–Kier alpha value is -3.45. The molecule has 0 saturated carbocycles. The van der Waals surface area contributed by atoms with E-state index in [2.05, 4.69) is 35.5 Å². The Balaban J connectivity index is 1.84. The lowest BCUT2D eigenvalue weighted by atomic mass is 10.0. The average Bonchev–Trinajstić information content (AvgIpc) is 2.68. The number of anilines is 2. The third-order valence-electron chi connectivity index (χ3n) is 4.80. The van der Waals surface area contributed by atoms with E-state index in [9.17, 15) is 9.59 Å². The fourth-order valence-electron chi connectivity index (χ4n) is 3.02. The van der Waals surface area contributed by atoms with Crippen LogP contribution < -0.4 is 21.9 Å². The second-order valence-corrected chi connectivity index (χ2v) is 7.03. The summed E-state index contributed by atoms with van der Waals surface area (Å²) in [5.41, 5.74) is 10.7. The van der Waals surface area contributed by atoms with E-state index >= 15 is 0 Å². The quantitative estimate of drug-likeness (QED) is 0.574. The van der Waals surface area contributed by atoms with E-state index in [1.165, 1.54) is 10.1 Å². The van der Waals surface area contributed by atoms with Crippen LogP contribution in [0.2, 0.25) is 0 Å². The molecule has 3 aromatic rings. The van der Waals surface area contributed by atoms with Crippen molar-refractivity contribution in [3.8, 4) is 11.3 Å². The van der Waals surface area contributed by atoms with E-state index in [0.29, 0.717) is 6.54 Å². The van der Waals surface area contributed by atoms with E-state index in [-0.39, 0.29) is 17.9 Å². The van der Waals surface area contributed by atoms with Crippen molar-refractivity contribution in [3.05, 3.63) is 75.7 Å². The number of hydrogen-bond acceptors (Lipinski definition) is 5. The zero-order chi connectivity index (χ0) is 21.0. The second-order valence-electron chi connectivity index (χ2n) is 7.03. The summed E-state index contributed by atoms with van der Waals surface area (Å²) >= 11 is 0. The first-order chi connectivity index (χ1) is 13.8. The van der Waals surface area contributed by atoms with Crippen molar-refractivity contribution < 1.29 is 4.79 Å². The van der Waals surface area contributed by atoms with Gasteiger partial charge in [-0.25, -0.2) is 4.98 Å². The Labute approximate surface area is 169 Å². The number of amides is 1. The minimum atomic E-state index is -0.395. The van der Waals surface area contributed by atoms with Crippen LogP contribution in [0.25, 0.3) is 11.3 Å². The number of nitrogens with two attached hydrogens (primary N) is 1. The fraction of sp³-hybridized carbons (Fsp3) is 0.227. The lowest BCUT2D eigenvalue weighted by molar-refractivity contribution is -0.117. The Kier molecular flexibility index (Phi) is 6.09. The molecule has 2 aromatic carbocycles. The van der Waals surface area contributed by atoms with Gasteiger partial charge in [0.1, 0.15) is 0 Å². The molecule has 4 N–H and O–H groups in total. The van der Waals surface area contributed by atoms with Crippen LogP contribution in [0.4, 0.5) is 11.5 Å². The molecular weight excluding hydrogens is 366 g/mol. The number of hydrogen-bond donors (Lipinski definition) is 3. The van der Waals surface area contributed by atoms with Gasteiger partial charge in [0.05, 0.1) is 12.2 Å². The molecule has 0 bridgehead atoms. The molecule has 3 rings (SSSR count). The number of aromatic nitrogens is 2. The molecule has 0 fully saturated rings. The number of rotatable bonds is 7.